The van der Waals surface area contributed by atoms with Gasteiger partial charge in [-0.2, -0.15) is 13.4 Å². The highest BCUT2D eigenvalue weighted by atomic mass is 35.5. The zero-order valence-corrected chi connectivity index (χ0v) is 12.3. The predicted octanol–water partition coefficient (Wildman–Crippen LogP) is 0.741. The van der Waals surface area contributed by atoms with Crippen molar-refractivity contribution in [3.05, 3.63) is 17.5 Å². The number of hydrogen-bond acceptors (Lipinski definition) is 8. The highest BCUT2D eigenvalue weighted by Gasteiger charge is 2.21. The van der Waals surface area contributed by atoms with Crippen molar-refractivity contribution in [3.8, 4) is 0 Å². The third kappa shape index (κ3) is 3.59. The molecule has 0 spiro atoms. The van der Waals surface area contributed by atoms with Crippen molar-refractivity contribution in [3.63, 3.8) is 0 Å². The molecule has 2 aromatic rings. The van der Waals surface area contributed by atoms with Crippen molar-refractivity contribution in [1.82, 2.24) is 20.2 Å². The Balaban J connectivity index is 2.22. The molecule has 0 saturated heterocycles. The Morgan fingerprint density at radius 3 is 2.80 bits per heavy atom. The molecule has 0 unspecified atom stereocenters. The second-order valence-electron chi connectivity index (χ2n) is 3.37. The van der Waals surface area contributed by atoms with Crippen molar-refractivity contribution < 1.29 is 13.2 Å². The third-order valence-electron chi connectivity index (χ3n) is 1.78. The first-order valence-corrected chi connectivity index (χ1v) is 7.67. The van der Waals surface area contributed by atoms with Crippen LogP contribution in [-0.4, -0.2) is 34.5 Å². The number of amides is 1. The van der Waals surface area contributed by atoms with Gasteiger partial charge in [0.25, 0.3) is 14.4 Å². The number of nitrogens with one attached hydrogen (secondary N) is 2. The number of carbonyl (C=O) groups is 1. The third-order valence-corrected chi connectivity index (χ3v) is 4.53. The Kier molecular flexibility index (Phi) is 4.11. The van der Waals surface area contributed by atoms with E-state index in [1.807, 2.05) is 0 Å². The van der Waals surface area contributed by atoms with Gasteiger partial charge in [0, 0.05) is 13.1 Å². The van der Waals surface area contributed by atoms with E-state index in [2.05, 4.69) is 30.2 Å². The molecule has 9 nitrogen and oxygen atoms in total. The number of nitrogens with zero attached hydrogens (tertiary/aromatic N) is 4. The van der Waals surface area contributed by atoms with Gasteiger partial charge in [0.2, 0.25) is 16.3 Å². The zero-order chi connectivity index (χ0) is 14.8. The molecule has 0 atom stereocenters. The minimum atomic E-state index is -3.95. The predicted molar refractivity (Wildman–Crippen MR) is 72.1 cm³/mol. The van der Waals surface area contributed by atoms with Gasteiger partial charge >= 0.3 is 0 Å². The maximum atomic E-state index is 12.0. The Bertz CT molecular complexity index is 746. The standard InChI is InChI=1S/C8H7ClN6O3S2/c1-4(16)11-7-13-14-8(19-7)20(17,18)15-5-2-3-10-6(9)12-5/h2-3H,1H3,(H,10,12,15)(H,11,13,16). The van der Waals surface area contributed by atoms with Gasteiger partial charge in [0.1, 0.15) is 5.82 Å². The molecule has 0 aromatic carbocycles. The van der Waals surface area contributed by atoms with Crippen LogP contribution in [0.3, 0.4) is 0 Å². The summed E-state index contributed by atoms with van der Waals surface area (Å²) in [6.45, 7) is 1.27. The molecule has 20 heavy (non-hydrogen) atoms. The minimum Gasteiger partial charge on any atom is -0.301 e. The molecule has 0 aliphatic rings. The molecule has 0 aliphatic heterocycles. The van der Waals surface area contributed by atoms with Gasteiger partial charge in [0.15, 0.2) is 0 Å². The molecule has 0 fully saturated rings. The Hall–Kier alpha value is -1.85. The fraction of sp³-hybridized carbons (Fsp3) is 0.125. The lowest BCUT2D eigenvalue weighted by molar-refractivity contribution is -0.114. The van der Waals surface area contributed by atoms with E-state index in [9.17, 15) is 13.2 Å². The van der Waals surface area contributed by atoms with E-state index in [0.717, 1.165) is 0 Å². The molecule has 2 rings (SSSR count). The van der Waals surface area contributed by atoms with Crippen molar-refractivity contribution in [2.45, 2.75) is 11.3 Å². The fourth-order valence-corrected chi connectivity index (χ4v) is 3.19. The summed E-state index contributed by atoms with van der Waals surface area (Å²) in [6.07, 6.45) is 1.30. The summed E-state index contributed by atoms with van der Waals surface area (Å²) in [4.78, 5) is 18.1. The number of sulfonamides is 1. The molecule has 2 heterocycles. The van der Waals surface area contributed by atoms with Crippen LogP contribution in [-0.2, 0) is 14.8 Å². The van der Waals surface area contributed by atoms with E-state index in [1.54, 1.807) is 0 Å². The van der Waals surface area contributed by atoms with Gasteiger partial charge in [-0.25, -0.2) is 4.98 Å². The normalized spacial score (nSPS) is 11.1. The zero-order valence-electron chi connectivity index (χ0n) is 9.86. The van der Waals surface area contributed by atoms with E-state index < -0.39 is 10.0 Å². The molecule has 106 valence electrons. The van der Waals surface area contributed by atoms with Crippen LogP contribution in [0.2, 0.25) is 5.28 Å². The van der Waals surface area contributed by atoms with Crippen LogP contribution in [0, 0.1) is 0 Å². The summed E-state index contributed by atoms with van der Waals surface area (Å²) in [5, 5.41) is 9.35. The molecule has 2 aromatic heterocycles. The molecule has 0 radical (unpaired) electrons. The second kappa shape index (κ2) is 5.64. The summed E-state index contributed by atoms with van der Waals surface area (Å²) in [5.41, 5.74) is 0. The molecule has 12 heteroatoms. The van der Waals surface area contributed by atoms with Gasteiger partial charge in [-0.05, 0) is 17.7 Å². The quantitative estimate of drug-likeness (QED) is 0.623. The first kappa shape index (κ1) is 14.6. The molecule has 0 aliphatic carbocycles. The average Bonchev–Trinajstić information content (AvgIpc) is 2.76. The molecule has 2 N–H and O–H groups in total. The average molecular weight is 335 g/mol. The maximum Gasteiger partial charge on any atom is 0.292 e. The molecular formula is C8H7ClN6O3S2. The summed E-state index contributed by atoms with van der Waals surface area (Å²) in [5.74, 6) is -0.373. The summed E-state index contributed by atoms with van der Waals surface area (Å²) in [6, 6.07) is 1.33. The fourth-order valence-electron chi connectivity index (χ4n) is 1.09. The lowest BCUT2D eigenvalue weighted by Crippen LogP contribution is -2.13. The smallest absolute Gasteiger partial charge is 0.292 e. The van der Waals surface area contributed by atoms with Crippen LogP contribution >= 0.6 is 22.9 Å². The minimum absolute atomic E-state index is 0.00118. The van der Waals surface area contributed by atoms with E-state index in [1.165, 1.54) is 19.2 Å². The Labute approximate surface area is 122 Å². The van der Waals surface area contributed by atoms with Gasteiger partial charge in [0.05, 0.1) is 0 Å². The lowest BCUT2D eigenvalue weighted by atomic mass is 10.6. The molecule has 1 amide bonds. The topological polar surface area (TPSA) is 127 Å². The van der Waals surface area contributed by atoms with Gasteiger partial charge < -0.3 is 5.32 Å². The van der Waals surface area contributed by atoms with Crippen LogP contribution < -0.4 is 10.0 Å². The van der Waals surface area contributed by atoms with Gasteiger partial charge in [-0.15, -0.1) is 10.2 Å². The van der Waals surface area contributed by atoms with Crippen LogP contribution in [0.15, 0.2) is 16.6 Å². The van der Waals surface area contributed by atoms with Crippen LogP contribution in [0.1, 0.15) is 6.92 Å². The number of aromatic nitrogens is 4. The van der Waals surface area contributed by atoms with E-state index >= 15 is 0 Å². The summed E-state index contributed by atoms with van der Waals surface area (Å²) < 4.78 is 25.8. The van der Waals surface area contributed by atoms with Gasteiger partial charge in [-0.1, -0.05) is 11.3 Å². The lowest BCUT2D eigenvalue weighted by Gasteiger charge is -2.03. The molecular weight excluding hydrogens is 328 g/mol. The number of carbonyl (C=O) groups excluding carboxylic acids is 1. The van der Waals surface area contributed by atoms with Crippen molar-refractivity contribution >= 4 is 49.8 Å². The van der Waals surface area contributed by atoms with Gasteiger partial charge in [-0.3, -0.25) is 9.52 Å². The van der Waals surface area contributed by atoms with E-state index in [-0.39, 0.29) is 26.5 Å². The first-order valence-electron chi connectivity index (χ1n) is 4.99. The Morgan fingerprint density at radius 1 is 1.40 bits per heavy atom. The number of rotatable bonds is 4. The van der Waals surface area contributed by atoms with Crippen LogP contribution in [0.4, 0.5) is 10.9 Å². The number of anilines is 2. The summed E-state index contributed by atoms with van der Waals surface area (Å²) in [7, 11) is -3.95. The van der Waals surface area contributed by atoms with Crippen molar-refractivity contribution in [1.29, 1.82) is 0 Å². The monoisotopic (exact) mass is 334 g/mol. The maximum absolute atomic E-state index is 12.0. The second-order valence-corrected chi connectivity index (χ2v) is 6.54. The van der Waals surface area contributed by atoms with E-state index in [0.29, 0.717) is 11.3 Å². The highest BCUT2D eigenvalue weighted by Crippen LogP contribution is 2.21. The molecule has 0 bridgehead atoms. The highest BCUT2D eigenvalue weighted by molar-refractivity contribution is 7.94. The number of hydrogen-bond donors (Lipinski definition) is 2. The number of halogens is 1. The first-order chi connectivity index (χ1) is 9.37. The molecule has 0 saturated carbocycles. The Morgan fingerprint density at radius 2 is 2.15 bits per heavy atom. The van der Waals surface area contributed by atoms with Crippen LogP contribution in [0.25, 0.3) is 0 Å². The SMILES string of the molecule is CC(=O)Nc1nnc(S(=O)(=O)Nc2ccnc(Cl)n2)s1. The largest absolute Gasteiger partial charge is 0.301 e. The van der Waals surface area contributed by atoms with Crippen molar-refractivity contribution in [2.24, 2.45) is 0 Å². The van der Waals surface area contributed by atoms with Crippen LogP contribution in [0.5, 0.6) is 0 Å². The summed E-state index contributed by atoms with van der Waals surface area (Å²) >= 11 is 6.26. The van der Waals surface area contributed by atoms with Crippen molar-refractivity contribution in [2.75, 3.05) is 10.0 Å². The van der Waals surface area contributed by atoms with E-state index in [4.69, 9.17) is 11.6 Å².